The van der Waals surface area contributed by atoms with Crippen LogP contribution in [0, 0.1) is 0 Å². The van der Waals surface area contributed by atoms with Crippen LogP contribution in [0.5, 0.6) is 0 Å². The van der Waals surface area contributed by atoms with Crippen LogP contribution in [0.2, 0.25) is 0 Å². The molecule has 0 amide bonds. The highest BCUT2D eigenvalue weighted by Crippen LogP contribution is 2.17. The van der Waals surface area contributed by atoms with Crippen LogP contribution in [0.25, 0.3) is 0 Å². The van der Waals surface area contributed by atoms with Crippen molar-refractivity contribution in [2.45, 2.75) is 18.9 Å². The lowest BCUT2D eigenvalue weighted by molar-refractivity contribution is 0.159. The Morgan fingerprint density at radius 1 is 1.38 bits per heavy atom. The van der Waals surface area contributed by atoms with Gasteiger partial charge in [0.2, 0.25) is 0 Å². The third-order valence-electron chi connectivity index (χ3n) is 2.66. The molecule has 0 radical (unpaired) electrons. The second kappa shape index (κ2) is 4.49. The molecule has 0 fully saturated rings. The molecule has 1 N–H and O–H groups in total. The maximum Gasteiger partial charge on any atom is 0.0958 e. The minimum absolute atomic E-state index is 0.465. The number of aliphatic hydroxyl groups is 1. The van der Waals surface area contributed by atoms with Gasteiger partial charge in [0.15, 0.2) is 0 Å². The molecule has 0 aromatic carbocycles. The SMILES string of the molecule is Cn1cc(CCC(O)c2cncn2C)cn1. The predicted molar refractivity (Wildman–Crippen MR) is 59.7 cm³/mol. The topological polar surface area (TPSA) is 55.9 Å². The van der Waals surface area contributed by atoms with Crippen LogP contribution in [0.4, 0.5) is 0 Å². The molecule has 2 rings (SSSR count). The van der Waals surface area contributed by atoms with Crippen molar-refractivity contribution in [1.82, 2.24) is 19.3 Å². The Labute approximate surface area is 94.4 Å². The van der Waals surface area contributed by atoms with E-state index >= 15 is 0 Å². The largest absolute Gasteiger partial charge is 0.387 e. The van der Waals surface area contributed by atoms with Crippen LogP contribution in [-0.4, -0.2) is 24.4 Å². The summed E-state index contributed by atoms with van der Waals surface area (Å²) in [6.07, 6.45) is 8.24. The van der Waals surface area contributed by atoms with E-state index in [0.29, 0.717) is 6.42 Å². The van der Waals surface area contributed by atoms with E-state index in [1.165, 1.54) is 0 Å². The van der Waals surface area contributed by atoms with Gasteiger partial charge < -0.3 is 9.67 Å². The van der Waals surface area contributed by atoms with Crippen molar-refractivity contribution >= 4 is 0 Å². The maximum absolute atomic E-state index is 9.97. The molecule has 2 aromatic rings. The van der Waals surface area contributed by atoms with Gasteiger partial charge in [0.1, 0.15) is 0 Å². The Bertz CT molecular complexity index is 460. The average Bonchev–Trinajstić information content (AvgIpc) is 2.84. The smallest absolute Gasteiger partial charge is 0.0958 e. The maximum atomic E-state index is 9.97. The molecular formula is C11H16N4O. The second-order valence-electron chi connectivity index (χ2n) is 4.01. The number of nitrogens with zero attached hydrogens (tertiary/aromatic N) is 4. The lowest BCUT2D eigenvalue weighted by Gasteiger charge is -2.09. The zero-order valence-electron chi connectivity index (χ0n) is 9.54. The summed E-state index contributed by atoms with van der Waals surface area (Å²) in [5.74, 6) is 0. The van der Waals surface area contributed by atoms with Gasteiger partial charge in [-0.05, 0) is 18.4 Å². The van der Waals surface area contributed by atoms with E-state index in [1.54, 1.807) is 17.2 Å². The Morgan fingerprint density at radius 3 is 2.75 bits per heavy atom. The summed E-state index contributed by atoms with van der Waals surface area (Å²) < 4.78 is 3.61. The molecule has 5 nitrogen and oxygen atoms in total. The number of imidazole rings is 1. The Balaban J connectivity index is 1.93. The summed E-state index contributed by atoms with van der Waals surface area (Å²) in [6.45, 7) is 0. The lowest BCUT2D eigenvalue weighted by atomic mass is 10.1. The molecule has 2 aromatic heterocycles. The van der Waals surface area contributed by atoms with E-state index in [0.717, 1.165) is 17.7 Å². The van der Waals surface area contributed by atoms with Crippen molar-refractivity contribution in [3.8, 4) is 0 Å². The van der Waals surface area contributed by atoms with Crippen LogP contribution < -0.4 is 0 Å². The summed E-state index contributed by atoms with van der Waals surface area (Å²) >= 11 is 0. The van der Waals surface area contributed by atoms with Gasteiger partial charge in [-0.25, -0.2) is 4.98 Å². The lowest BCUT2D eigenvalue weighted by Crippen LogP contribution is -2.04. The van der Waals surface area contributed by atoms with E-state index in [2.05, 4.69) is 10.1 Å². The van der Waals surface area contributed by atoms with Gasteiger partial charge in [-0.1, -0.05) is 0 Å². The summed E-state index contributed by atoms with van der Waals surface area (Å²) in [4.78, 5) is 3.99. The average molecular weight is 220 g/mol. The van der Waals surface area contributed by atoms with Gasteiger partial charge in [-0.3, -0.25) is 4.68 Å². The molecule has 0 spiro atoms. The van der Waals surface area contributed by atoms with Crippen LogP contribution in [-0.2, 0) is 20.5 Å². The minimum atomic E-state index is -0.465. The van der Waals surface area contributed by atoms with E-state index in [4.69, 9.17) is 0 Å². The van der Waals surface area contributed by atoms with Gasteiger partial charge in [-0.2, -0.15) is 5.10 Å². The number of hydrogen-bond donors (Lipinski definition) is 1. The molecule has 16 heavy (non-hydrogen) atoms. The normalized spacial score (nSPS) is 12.9. The molecule has 0 aliphatic carbocycles. The molecule has 0 bridgehead atoms. The standard InChI is InChI=1S/C11H16N4O/c1-14-8-12-6-10(14)11(16)4-3-9-5-13-15(2)7-9/h5-8,11,16H,3-4H2,1-2H3. The molecule has 1 unspecified atom stereocenters. The summed E-state index contributed by atoms with van der Waals surface area (Å²) in [6, 6.07) is 0. The van der Waals surface area contributed by atoms with Crippen molar-refractivity contribution in [3.63, 3.8) is 0 Å². The third-order valence-corrected chi connectivity index (χ3v) is 2.66. The third kappa shape index (κ3) is 2.30. The fourth-order valence-corrected chi connectivity index (χ4v) is 1.74. The minimum Gasteiger partial charge on any atom is -0.387 e. The first kappa shape index (κ1) is 10.9. The van der Waals surface area contributed by atoms with Gasteiger partial charge in [0.05, 0.1) is 30.5 Å². The van der Waals surface area contributed by atoms with Gasteiger partial charge in [0.25, 0.3) is 0 Å². The first-order valence-electron chi connectivity index (χ1n) is 5.28. The van der Waals surface area contributed by atoms with E-state index in [-0.39, 0.29) is 0 Å². The first-order chi connectivity index (χ1) is 7.66. The zero-order valence-corrected chi connectivity index (χ0v) is 9.54. The number of hydrogen-bond acceptors (Lipinski definition) is 3. The Kier molecular flexibility index (Phi) is 3.05. The number of aliphatic hydroxyl groups excluding tert-OH is 1. The fraction of sp³-hybridized carbons (Fsp3) is 0.455. The van der Waals surface area contributed by atoms with Crippen molar-refractivity contribution in [2.24, 2.45) is 14.1 Å². The Morgan fingerprint density at radius 2 is 2.19 bits per heavy atom. The van der Waals surface area contributed by atoms with E-state index in [1.807, 2.05) is 31.1 Å². The highest BCUT2D eigenvalue weighted by atomic mass is 16.3. The molecule has 1 atom stereocenters. The highest BCUT2D eigenvalue weighted by molar-refractivity contribution is 5.07. The number of rotatable bonds is 4. The quantitative estimate of drug-likeness (QED) is 0.830. The van der Waals surface area contributed by atoms with Crippen molar-refractivity contribution in [1.29, 1.82) is 0 Å². The highest BCUT2D eigenvalue weighted by Gasteiger charge is 2.11. The monoisotopic (exact) mass is 220 g/mol. The van der Waals surface area contributed by atoms with Gasteiger partial charge in [-0.15, -0.1) is 0 Å². The molecule has 5 heteroatoms. The second-order valence-corrected chi connectivity index (χ2v) is 4.01. The van der Waals surface area contributed by atoms with E-state index < -0.39 is 6.10 Å². The van der Waals surface area contributed by atoms with Crippen LogP contribution in [0.3, 0.4) is 0 Å². The summed E-state index contributed by atoms with van der Waals surface area (Å²) in [5, 5.41) is 14.1. The van der Waals surface area contributed by atoms with Crippen molar-refractivity contribution < 1.29 is 5.11 Å². The predicted octanol–water partition coefficient (Wildman–Crippen LogP) is 0.820. The van der Waals surface area contributed by atoms with E-state index in [9.17, 15) is 5.11 Å². The molecule has 2 heterocycles. The molecule has 0 aliphatic rings. The van der Waals surface area contributed by atoms with Gasteiger partial charge >= 0.3 is 0 Å². The van der Waals surface area contributed by atoms with Crippen molar-refractivity contribution in [2.75, 3.05) is 0 Å². The molecule has 0 saturated carbocycles. The Hall–Kier alpha value is -1.62. The van der Waals surface area contributed by atoms with Crippen molar-refractivity contribution in [3.05, 3.63) is 36.2 Å². The number of aryl methyl sites for hydroxylation is 3. The summed E-state index contributed by atoms with van der Waals surface area (Å²) in [5.41, 5.74) is 1.99. The molecular weight excluding hydrogens is 204 g/mol. The van der Waals surface area contributed by atoms with Crippen LogP contribution in [0.1, 0.15) is 23.8 Å². The van der Waals surface area contributed by atoms with Crippen LogP contribution >= 0.6 is 0 Å². The molecule has 0 aliphatic heterocycles. The first-order valence-corrected chi connectivity index (χ1v) is 5.28. The molecule has 86 valence electrons. The van der Waals surface area contributed by atoms with Crippen LogP contribution in [0.15, 0.2) is 24.9 Å². The molecule has 0 saturated heterocycles. The number of aromatic nitrogens is 4. The summed E-state index contributed by atoms with van der Waals surface area (Å²) in [7, 11) is 3.77. The zero-order chi connectivity index (χ0) is 11.5. The fourth-order valence-electron chi connectivity index (χ4n) is 1.74. The van der Waals surface area contributed by atoms with Gasteiger partial charge in [0, 0.05) is 20.3 Å².